The average molecular weight is 248 g/mol. The van der Waals surface area contributed by atoms with Crippen LogP contribution in [0, 0.1) is 33.5 Å². The van der Waals surface area contributed by atoms with Crippen molar-refractivity contribution in [2.75, 3.05) is 0 Å². The number of furan rings is 1. The summed E-state index contributed by atoms with van der Waals surface area (Å²) in [6, 6.07) is 4.70. The molecule has 1 heterocycles. The SMILES string of the molecule is Cc1cc(C(O)c2c(C)cc(F)cc2C)c(C)o1. The first-order valence-electron chi connectivity index (χ1n) is 5.91. The number of aliphatic hydroxyl groups excluding tert-OH is 1. The smallest absolute Gasteiger partial charge is 0.123 e. The quantitative estimate of drug-likeness (QED) is 0.878. The highest BCUT2D eigenvalue weighted by atomic mass is 19.1. The Balaban J connectivity index is 2.52. The van der Waals surface area contributed by atoms with Gasteiger partial charge in [0.2, 0.25) is 0 Å². The van der Waals surface area contributed by atoms with E-state index < -0.39 is 6.10 Å². The molecule has 3 heteroatoms. The minimum absolute atomic E-state index is 0.277. The van der Waals surface area contributed by atoms with Crippen LogP contribution in [0.3, 0.4) is 0 Å². The molecule has 0 saturated heterocycles. The van der Waals surface area contributed by atoms with Gasteiger partial charge in [0.1, 0.15) is 23.4 Å². The van der Waals surface area contributed by atoms with Crippen LogP contribution in [0.15, 0.2) is 22.6 Å². The van der Waals surface area contributed by atoms with Gasteiger partial charge in [-0.15, -0.1) is 0 Å². The lowest BCUT2D eigenvalue weighted by Gasteiger charge is -2.16. The van der Waals surface area contributed by atoms with Crippen LogP contribution in [0.1, 0.15) is 39.9 Å². The fourth-order valence-corrected chi connectivity index (χ4v) is 2.43. The summed E-state index contributed by atoms with van der Waals surface area (Å²) in [4.78, 5) is 0. The van der Waals surface area contributed by atoms with Crippen LogP contribution in [0.5, 0.6) is 0 Å². The Morgan fingerprint density at radius 3 is 2.06 bits per heavy atom. The van der Waals surface area contributed by atoms with Gasteiger partial charge >= 0.3 is 0 Å². The third kappa shape index (κ3) is 2.18. The van der Waals surface area contributed by atoms with Crippen LogP contribution in [-0.2, 0) is 0 Å². The number of hydrogen-bond donors (Lipinski definition) is 1. The molecule has 18 heavy (non-hydrogen) atoms. The maximum atomic E-state index is 13.3. The van der Waals surface area contributed by atoms with Crippen molar-refractivity contribution in [3.8, 4) is 0 Å². The Hall–Kier alpha value is -1.61. The number of halogens is 1. The summed E-state index contributed by atoms with van der Waals surface area (Å²) in [6.45, 7) is 7.27. The van der Waals surface area contributed by atoms with E-state index in [1.165, 1.54) is 12.1 Å². The van der Waals surface area contributed by atoms with Gasteiger partial charge in [0.15, 0.2) is 0 Å². The fourth-order valence-electron chi connectivity index (χ4n) is 2.43. The average Bonchev–Trinajstić information content (AvgIpc) is 2.56. The topological polar surface area (TPSA) is 33.4 Å². The van der Waals surface area contributed by atoms with Crippen molar-refractivity contribution in [3.05, 3.63) is 57.8 Å². The Labute approximate surface area is 106 Å². The largest absolute Gasteiger partial charge is 0.466 e. The molecule has 0 aliphatic rings. The molecule has 0 aliphatic heterocycles. The van der Waals surface area contributed by atoms with Gasteiger partial charge in [-0.3, -0.25) is 0 Å². The molecule has 0 aliphatic carbocycles. The van der Waals surface area contributed by atoms with Crippen LogP contribution < -0.4 is 0 Å². The number of rotatable bonds is 2. The predicted octanol–water partition coefficient (Wildman–Crippen LogP) is 3.73. The van der Waals surface area contributed by atoms with E-state index in [2.05, 4.69) is 0 Å². The molecule has 1 unspecified atom stereocenters. The standard InChI is InChI=1S/C15H17FO2/c1-8-5-12(16)6-9(2)14(8)15(17)13-7-10(3)18-11(13)4/h5-7,15,17H,1-4H3. The summed E-state index contributed by atoms with van der Waals surface area (Å²) in [5.41, 5.74) is 2.99. The monoisotopic (exact) mass is 248 g/mol. The Morgan fingerprint density at radius 2 is 1.61 bits per heavy atom. The van der Waals surface area contributed by atoms with Crippen LogP contribution in [0.25, 0.3) is 0 Å². The summed E-state index contributed by atoms with van der Waals surface area (Å²) in [5, 5.41) is 10.5. The summed E-state index contributed by atoms with van der Waals surface area (Å²) < 4.78 is 18.7. The second kappa shape index (κ2) is 4.58. The molecular weight excluding hydrogens is 231 g/mol. The minimum Gasteiger partial charge on any atom is -0.466 e. The van der Waals surface area contributed by atoms with E-state index >= 15 is 0 Å². The molecule has 0 fully saturated rings. The first-order valence-corrected chi connectivity index (χ1v) is 5.91. The van der Waals surface area contributed by atoms with Crippen LogP contribution in [0.2, 0.25) is 0 Å². The van der Waals surface area contributed by atoms with Crippen molar-refractivity contribution < 1.29 is 13.9 Å². The molecule has 2 rings (SSSR count). The number of benzene rings is 1. The van der Waals surface area contributed by atoms with E-state index in [9.17, 15) is 9.50 Å². The van der Waals surface area contributed by atoms with Crippen molar-refractivity contribution in [1.29, 1.82) is 0 Å². The van der Waals surface area contributed by atoms with Crippen LogP contribution in [0.4, 0.5) is 4.39 Å². The molecule has 2 nitrogen and oxygen atoms in total. The third-order valence-corrected chi connectivity index (χ3v) is 3.21. The highest BCUT2D eigenvalue weighted by Gasteiger charge is 2.20. The second-order valence-corrected chi connectivity index (χ2v) is 4.72. The first-order chi connectivity index (χ1) is 8.40. The molecule has 0 saturated carbocycles. The molecular formula is C15H17FO2. The van der Waals surface area contributed by atoms with Crippen molar-refractivity contribution in [3.63, 3.8) is 0 Å². The zero-order chi connectivity index (χ0) is 13.4. The molecule has 0 bridgehead atoms. The summed E-state index contributed by atoms with van der Waals surface area (Å²) in [7, 11) is 0. The maximum absolute atomic E-state index is 13.3. The van der Waals surface area contributed by atoms with Gasteiger partial charge < -0.3 is 9.52 Å². The lowest BCUT2D eigenvalue weighted by atomic mass is 9.93. The zero-order valence-electron chi connectivity index (χ0n) is 11.0. The Bertz CT molecular complexity index is 561. The summed E-state index contributed by atoms with van der Waals surface area (Å²) >= 11 is 0. The van der Waals surface area contributed by atoms with Crippen molar-refractivity contribution >= 4 is 0 Å². The Kier molecular flexibility index (Phi) is 3.26. The lowest BCUT2D eigenvalue weighted by Crippen LogP contribution is -2.05. The van der Waals surface area contributed by atoms with Crippen LogP contribution >= 0.6 is 0 Å². The van der Waals surface area contributed by atoms with Crippen LogP contribution in [-0.4, -0.2) is 5.11 Å². The molecule has 96 valence electrons. The summed E-state index contributed by atoms with van der Waals surface area (Å²) in [6.07, 6.45) is -0.775. The van der Waals surface area contributed by atoms with Gasteiger partial charge in [-0.1, -0.05) is 0 Å². The number of aryl methyl sites for hydroxylation is 4. The predicted molar refractivity (Wildman–Crippen MR) is 68.1 cm³/mol. The second-order valence-electron chi connectivity index (χ2n) is 4.72. The third-order valence-electron chi connectivity index (χ3n) is 3.21. The number of aliphatic hydroxyl groups is 1. The summed E-state index contributed by atoms with van der Waals surface area (Å²) in [5.74, 6) is 1.18. The first kappa shape index (κ1) is 12.8. The molecule has 2 aromatic rings. The van der Waals surface area contributed by atoms with Crippen molar-refractivity contribution in [1.82, 2.24) is 0 Å². The highest BCUT2D eigenvalue weighted by Crippen LogP contribution is 2.31. The molecule has 1 aromatic heterocycles. The molecule has 0 radical (unpaired) electrons. The van der Waals surface area contributed by atoms with Gasteiger partial charge in [-0.2, -0.15) is 0 Å². The van der Waals surface area contributed by atoms with Gasteiger partial charge in [0.25, 0.3) is 0 Å². The van der Waals surface area contributed by atoms with Gasteiger partial charge in [-0.25, -0.2) is 4.39 Å². The Morgan fingerprint density at radius 1 is 1.06 bits per heavy atom. The zero-order valence-corrected chi connectivity index (χ0v) is 11.0. The van der Waals surface area contributed by atoms with E-state index in [4.69, 9.17) is 4.42 Å². The van der Waals surface area contributed by atoms with E-state index in [-0.39, 0.29) is 5.82 Å². The normalized spacial score (nSPS) is 12.8. The maximum Gasteiger partial charge on any atom is 0.123 e. The fraction of sp³-hybridized carbons (Fsp3) is 0.333. The van der Waals surface area contributed by atoms with E-state index in [0.717, 1.165) is 28.0 Å². The molecule has 1 aromatic carbocycles. The minimum atomic E-state index is -0.775. The van der Waals surface area contributed by atoms with Gasteiger partial charge in [0.05, 0.1) is 0 Å². The molecule has 0 amide bonds. The van der Waals surface area contributed by atoms with Crippen molar-refractivity contribution in [2.24, 2.45) is 0 Å². The van der Waals surface area contributed by atoms with Gasteiger partial charge in [0, 0.05) is 5.56 Å². The lowest BCUT2D eigenvalue weighted by molar-refractivity contribution is 0.216. The van der Waals surface area contributed by atoms with E-state index in [1.807, 2.05) is 19.9 Å². The van der Waals surface area contributed by atoms with Gasteiger partial charge in [-0.05, 0) is 62.6 Å². The molecule has 1 atom stereocenters. The molecule has 0 spiro atoms. The highest BCUT2D eigenvalue weighted by molar-refractivity contribution is 5.42. The van der Waals surface area contributed by atoms with Crippen molar-refractivity contribution in [2.45, 2.75) is 33.8 Å². The van der Waals surface area contributed by atoms with E-state index in [1.54, 1.807) is 13.8 Å². The number of hydrogen-bond acceptors (Lipinski definition) is 2. The molecule has 1 N–H and O–H groups in total. The van der Waals surface area contributed by atoms with E-state index in [0.29, 0.717) is 5.76 Å².